The molecule has 1 unspecified atom stereocenters. The average molecular weight is 305 g/mol. The highest BCUT2D eigenvalue weighted by Gasteiger charge is 2.30. The van der Waals surface area contributed by atoms with Crippen LogP contribution < -0.4 is 0 Å². The summed E-state index contributed by atoms with van der Waals surface area (Å²) in [4.78, 5) is 13.3. The summed E-state index contributed by atoms with van der Waals surface area (Å²) in [6.07, 6.45) is 0.967. The fraction of sp³-hybridized carbons (Fsp3) is 0.600. The van der Waals surface area contributed by atoms with Gasteiger partial charge in [-0.2, -0.15) is 9.19 Å². The van der Waals surface area contributed by atoms with Crippen molar-refractivity contribution in [2.45, 2.75) is 39.5 Å². The molecule has 0 saturated heterocycles. The van der Waals surface area contributed by atoms with Crippen LogP contribution in [0.25, 0.3) is 0 Å². The number of carbonyl (C=O) groups is 1. The van der Waals surface area contributed by atoms with E-state index in [1.165, 1.54) is 11.1 Å². The monoisotopic (exact) mass is 305 g/mol. The molecule has 1 atom stereocenters. The number of amides is 1. The van der Waals surface area contributed by atoms with E-state index in [0.717, 1.165) is 4.09 Å². The number of carbonyl (C=O) groups excluding carboxylic acids is 1. The van der Waals surface area contributed by atoms with Crippen molar-refractivity contribution in [1.29, 1.82) is 0 Å². The smallest absolute Gasteiger partial charge is 0.410 e. The highest BCUT2D eigenvalue weighted by molar-refractivity contribution is 8.28. The highest BCUT2D eigenvalue weighted by Crippen LogP contribution is 2.23. The van der Waals surface area contributed by atoms with Crippen LogP contribution in [0, 0.1) is 0 Å². The number of rotatable bonds is 1. The number of nitrogens with zero attached hydrogens (tertiary/aromatic N) is 3. The topological polar surface area (TPSA) is 84.7 Å². The van der Waals surface area contributed by atoms with E-state index < -0.39 is 20.7 Å². The van der Waals surface area contributed by atoms with Crippen LogP contribution in [0.3, 0.4) is 0 Å². The molecule has 19 heavy (non-hydrogen) atoms. The van der Waals surface area contributed by atoms with Gasteiger partial charge in [-0.1, -0.05) is 0 Å². The van der Waals surface area contributed by atoms with Gasteiger partial charge >= 0.3 is 6.09 Å². The van der Waals surface area contributed by atoms with Gasteiger partial charge in [0.15, 0.2) is 0 Å². The first kappa shape index (κ1) is 14.2. The van der Waals surface area contributed by atoms with E-state index in [0.29, 0.717) is 17.8 Å². The van der Waals surface area contributed by atoms with Gasteiger partial charge in [-0.15, -0.1) is 0 Å². The molecule has 9 heteroatoms. The average Bonchev–Trinajstić information content (AvgIpc) is 2.68. The molecule has 1 aromatic heterocycles. The van der Waals surface area contributed by atoms with Crippen LogP contribution in [0.5, 0.6) is 0 Å². The van der Waals surface area contributed by atoms with E-state index in [2.05, 4.69) is 16.3 Å². The van der Waals surface area contributed by atoms with Crippen molar-refractivity contribution in [3.05, 3.63) is 17.5 Å². The summed E-state index contributed by atoms with van der Waals surface area (Å²) >= 11 is 4.43. The van der Waals surface area contributed by atoms with Crippen molar-refractivity contribution in [2.24, 2.45) is 0 Å². The molecule has 1 amide bonds. The molecule has 106 valence electrons. The third-order valence-electron chi connectivity index (χ3n) is 2.45. The summed E-state index contributed by atoms with van der Waals surface area (Å²) in [5.41, 5.74) is 0.715. The van der Waals surface area contributed by atoms with Crippen molar-refractivity contribution in [3.63, 3.8) is 0 Å². The normalized spacial score (nSPS) is 18.0. The van der Waals surface area contributed by atoms with E-state index in [-0.39, 0.29) is 6.54 Å². The van der Waals surface area contributed by atoms with Crippen LogP contribution in [-0.2, 0) is 38.0 Å². The molecule has 1 aliphatic rings. The molecule has 1 N–H and O–H groups in total. The van der Waals surface area contributed by atoms with Crippen LogP contribution in [0.1, 0.15) is 32.0 Å². The quantitative estimate of drug-likeness (QED) is 0.837. The van der Waals surface area contributed by atoms with Gasteiger partial charge in [0.05, 0.1) is 18.8 Å². The van der Waals surface area contributed by atoms with Crippen molar-refractivity contribution in [1.82, 2.24) is 14.1 Å². The number of fused-ring (bicyclic) bond motifs is 1. The molecule has 1 aliphatic heterocycles. The molecule has 0 aromatic carbocycles. The van der Waals surface area contributed by atoms with Gasteiger partial charge in [-0.05, 0) is 20.8 Å². The Kier molecular flexibility index (Phi) is 3.31. The first-order valence-corrected chi connectivity index (χ1v) is 7.99. The molecule has 0 spiro atoms. The van der Waals surface area contributed by atoms with E-state index >= 15 is 0 Å². The molecule has 2 heterocycles. The summed E-state index contributed by atoms with van der Waals surface area (Å²) < 4.78 is 26.6. The first-order valence-electron chi connectivity index (χ1n) is 5.59. The van der Waals surface area contributed by atoms with Crippen molar-refractivity contribution in [2.75, 3.05) is 0 Å². The van der Waals surface area contributed by atoms with E-state index in [9.17, 15) is 13.6 Å². The maximum absolute atomic E-state index is 11.9. The van der Waals surface area contributed by atoms with Gasteiger partial charge in [-0.25, -0.2) is 9.00 Å². The Morgan fingerprint density at radius 3 is 2.63 bits per heavy atom. The zero-order chi connectivity index (χ0) is 14.4. The fourth-order valence-electron chi connectivity index (χ4n) is 1.70. The van der Waals surface area contributed by atoms with Gasteiger partial charge < -0.3 is 4.74 Å². The van der Waals surface area contributed by atoms with Crippen molar-refractivity contribution >= 4 is 26.2 Å². The molecule has 0 fully saturated rings. The SMILES string of the molecule is CC(C)(C)OC(=O)N1Cc2cn(S(=O)(O)=S)nc2C1. The van der Waals surface area contributed by atoms with Crippen molar-refractivity contribution in [3.8, 4) is 0 Å². The van der Waals surface area contributed by atoms with Gasteiger partial charge in [0.2, 0.25) is 0 Å². The third-order valence-corrected chi connectivity index (χ3v) is 3.56. The van der Waals surface area contributed by atoms with Crippen LogP contribution in [0.2, 0.25) is 0 Å². The van der Waals surface area contributed by atoms with E-state index in [1.807, 2.05) is 0 Å². The molecule has 0 radical (unpaired) electrons. The maximum Gasteiger partial charge on any atom is 0.410 e. The first-order chi connectivity index (χ1) is 8.56. The largest absolute Gasteiger partial charge is 0.444 e. The lowest BCUT2D eigenvalue weighted by molar-refractivity contribution is 0.0239. The summed E-state index contributed by atoms with van der Waals surface area (Å²) in [5.74, 6) is 0. The number of hydrogen-bond acceptors (Lipinski definition) is 5. The predicted molar refractivity (Wildman–Crippen MR) is 71.2 cm³/mol. The van der Waals surface area contributed by atoms with Gasteiger partial charge in [0.25, 0.3) is 8.96 Å². The van der Waals surface area contributed by atoms with Crippen LogP contribution in [0.15, 0.2) is 6.20 Å². The standard InChI is InChI=1S/C10H15N3O4S2/c1-10(2,3)17-9(14)12-4-7-5-13(19(15,16)18)11-8(7)6-12/h5H,4,6H2,1-3H3,(H,15,16,18). The minimum Gasteiger partial charge on any atom is -0.444 e. The third kappa shape index (κ3) is 3.23. The Balaban J connectivity index is 2.10. The molecule has 2 rings (SSSR count). The summed E-state index contributed by atoms with van der Waals surface area (Å²) in [6, 6.07) is 0. The zero-order valence-corrected chi connectivity index (χ0v) is 12.5. The molecular weight excluding hydrogens is 290 g/mol. The lowest BCUT2D eigenvalue weighted by Gasteiger charge is -2.24. The maximum atomic E-state index is 11.9. The number of hydrogen-bond donors (Lipinski definition) is 1. The predicted octanol–water partition coefficient (Wildman–Crippen LogP) is 1.12. The second kappa shape index (κ2) is 4.43. The van der Waals surface area contributed by atoms with Crippen LogP contribution in [0.4, 0.5) is 4.79 Å². The lowest BCUT2D eigenvalue weighted by Crippen LogP contribution is -2.33. The Morgan fingerprint density at radius 2 is 2.16 bits per heavy atom. The number of aromatic nitrogens is 2. The fourth-order valence-corrected chi connectivity index (χ4v) is 2.39. The van der Waals surface area contributed by atoms with Gasteiger partial charge in [-0.3, -0.25) is 9.45 Å². The van der Waals surface area contributed by atoms with Crippen LogP contribution >= 0.6 is 0 Å². The Morgan fingerprint density at radius 1 is 1.53 bits per heavy atom. The zero-order valence-electron chi connectivity index (χ0n) is 10.8. The molecule has 0 saturated carbocycles. The second-order valence-electron chi connectivity index (χ2n) is 5.29. The van der Waals surface area contributed by atoms with E-state index in [4.69, 9.17) is 4.74 Å². The minimum atomic E-state index is -3.54. The molecular formula is C10H15N3O4S2. The minimum absolute atomic E-state index is 0.252. The lowest BCUT2D eigenvalue weighted by atomic mass is 10.2. The van der Waals surface area contributed by atoms with E-state index in [1.54, 1.807) is 20.8 Å². The van der Waals surface area contributed by atoms with Gasteiger partial charge in [0.1, 0.15) is 5.60 Å². The van der Waals surface area contributed by atoms with Crippen LogP contribution in [-0.4, -0.2) is 34.5 Å². The van der Waals surface area contributed by atoms with Gasteiger partial charge in [0, 0.05) is 22.9 Å². The Hall–Kier alpha value is -1.19. The summed E-state index contributed by atoms with van der Waals surface area (Å²) in [5, 5.41) is 3.93. The number of ether oxygens (including phenoxy) is 1. The second-order valence-corrected chi connectivity index (χ2v) is 7.86. The Labute approximate surface area is 116 Å². The molecule has 1 aromatic rings. The highest BCUT2D eigenvalue weighted by atomic mass is 32.8. The van der Waals surface area contributed by atoms with Crippen molar-refractivity contribution < 1.29 is 18.3 Å². The Bertz CT molecular complexity index is 592. The summed E-state index contributed by atoms with van der Waals surface area (Å²) in [7, 11) is -3.54. The molecule has 0 aliphatic carbocycles. The molecule has 0 bridgehead atoms. The molecule has 7 nitrogen and oxygen atoms in total. The summed E-state index contributed by atoms with van der Waals surface area (Å²) in [6.45, 7) is 5.92.